The molecular weight excluding hydrogens is 962 g/mol. The lowest BCUT2D eigenvalue weighted by molar-refractivity contribution is -0.0798. The van der Waals surface area contributed by atoms with E-state index in [2.05, 4.69) is 107 Å². The van der Waals surface area contributed by atoms with Crippen molar-refractivity contribution < 1.29 is 29.5 Å². The van der Waals surface area contributed by atoms with Gasteiger partial charge in [-0.1, -0.05) is 56.3 Å². The predicted molar refractivity (Wildman–Crippen MR) is 231 cm³/mol. The standard InChI is InChI=1S/C22H26N4O2.C13H16N4O4.CH2Cl2.BBr3/c1-4-22(5-2)15(3)19(27-13-16-9-7-6-8-10-16)20(28-22)17-11-12-18-21(23)24-14-25-26(17)18;1-2-13(5-18)11(20)9(19)10(21-13)7-3-4-8-12(14)15-6-16-17(7)8;2-1-3;2-1(3)4/h4,6-12,14-15,19-20H,1,5,13H2,2-3H3,(H2,23,24,25);2-4,6,9-11,18-20H,1,5H2,(H2,14,15,16);1H2;/t15-,19?,20-,22+;9-,10-,11-,13+;;/m00../s1. The van der Waals surface area contributed by atoms with Crippen LogP contribution in [0.2, 0.25) is 0 Å². The Morgan fingerprint density at radius 2 is 1.36 bits per heavy atom. The van der Waals surface area contributed by atoms with Crippen molar-refractivity contribution in [3.8, 4) is 0 Å². The molecule has 1 unspecified atom stereocenters. The Morgan fingerprint density at radius 1 is 0.875 bits per heavy atom. The Labute approximate surface area is 360 Å². The van der Waals surface area contributed by atoms with Gasteiger partial charge in [0.2, 0.25) is 0 Å². The molecule has 1 aromatic carbocycles. The van der Waals surface area contributed by atoms with Crippen LogP contribution >= 0.6 is 70.5 Å². The first kappa shape index (κ1) is 46.1. The van der Waals surface area contributed by atoms with E-state index >= 15 is 0 Å². The number of ether oxygens (including phenoxy) is 3. The van der Waals surface area contributed by atoms with Gasteiger partial charge < -0.3 is 41.0 Å². The molecule has 6 heterocycles. The molecule has 5 aromatic rings. The molecule has 2 fully saturated rings. The highest BCUT2D eigenvalue weighted by atomic mass is 79.9. The number of hydrogen-bond donors (Lipinski definition) is 5. The number of fused-ring (bicyclic) bond motifs is 2. The van der Waals surface area contributed by atoms with Gasteiger partial charge in [0.1, 0.15) is 53.7 Å². The summed E-state index contributed by atoms with van der Waals surface area (Å²) < 4.78 is 22.2. The Balaban J connectivity index is 0.000000219. The fraction of sp³-hybridized carbons (Fsp3) is 0.389. The van der Waals surface area contributed by atoms with Gasteiger partial charge in [0, 0.05) is 5.92 Å². The number of nitrogen functional groups attached to an aromatic ring is 2. The van der Waals surface area contributed by atoms with Crippen LogP contribution in [-0.2, 0) is 20.8 Å². The van der Waals surface area contributed by atoms with Gasteiger partial charge in [-0.3, -0.25) is 0 Å². The Bertz CT molecular complexity index is 2030. The van der Waals surface area contributed by atoms with Crippen molar-refractivity contribution in [2.24, 2.45) is 5.92 Å². The second-order valence-corrected chi connectivity index (χ2v) is 19.9. The van der Waals surface area contributed by atoms with Gasteiger partial charge >= 0.3 is 3.18 Å². The summed E-state index contributed by atoms with van der Waals surface area (Å²) in [6.45, 7) is 11.9. The topological polar surface area (TPSA) is 201 Å². The average molecular weight is 1010 g/mol. The van der Waals surface area contributed by atoms with Crippen LogP contribution in [0.1, 0.15) is 49.4 Å². The molecule has 0 amide bonds. The zero-order valence-corrected chi connectivity index (χ0v) is 36.9. The highest BCUT2D eigenvalue weighted by Crippen LogP contribution is 2.48. The molecule has 20 heteroatoms. The maximum atomic E-state index is 10.2. The van der Waals surface area contributed by atoms with Crippen LogP contribution in [0, 0.1) is 5.92 Å². The monoisotopic (exact) mass is 1000 g/mol. The lowest BCUT2D eigenvalue weighted by atomic mass is 9.84. The number of rotatable bonds is 9. The van der Waals surface area contributed by atoms with Gasteiger partial charge in [0.05, 0.1) is 41.6 Å². The predicted octanol–water partition coefficient (Wildman–Crippen LogP) is 6.54. The number of anilines is 2. The Hall–Kier alpha value is -2.62. The smallest absolute Gasteiger partial charge is 0.369 e. The molecule has 7 N–H and O–H groups in total. The summed E-state index contributed by atoms with van der Waals surface area (Å²) in [7, 11) is 0. The summed E-state index contributed by atoms with van der Waals surface area (Å²) in [4.78, 5) is 7.95. The van der Waals surface area contributed by atoms with Crippen LogP contribution in [0.25, 0.3) is 11.0 Å². The zero-order valence-electron chi connectivity index (χ0n) is 30.6. The summed E-state index contributed by atoms with van der Waals surface area (Å²) in [6, 6.07) is 17.5. The molecule has 0 radical (unpaired) electrons. The van der Waals surface area contributed by atoms with Gasteiger partial charge in [0.25, 0.3) is 0 Å². The molecule has 8 atom stereocenters. The number of nitrogens with two attached hydrogens (primary N) is 2. The highest BCUT2D eigenvalue weighted by molar-refractivity contribution is 9.69. The molecule has 0 spiro atoms. The molecule has 0 saturated carbocycles. The fourth-order valence-corrected chi connectivity index (χ4v) is 6.77. The van der Waals surface area contributed by atoms with Crippen LogP contribution in [-0.4, -0.2) is 89.2 Å². The van der Waals surface area contributed by atoms with Crippen molar-refractivity contribution in [1.29, 1.82) is 0 Å². The van der Waals surface area contributed by atoms with E-state index in [1.54, 1.807) is 16.6 Å². The molecule has 0 aliphatic carbocycles. The first-order valence-corrected chi connectivity index (χ1v) is 21.1. The van der Waals surface area contributed by atoms with E-state index in [-0.39, 0.29) is 26.6 Å². The largest absolute Gasteiger partial charge is 0.393 e. The third-order valence-corrected chi connectivity index (χ3v) is 9.77. The van der Waals surface area contributed by atoms with Crippen molar-refractivity contribution in [2.45, 2.75) is 68.6 Å². The summed E-state index contributed by atoms with van der Waals surface area (Å²) in [5.74, 6) is 0.870. The number of aliphatic hydroxyl groups is 3. The normalized spacial score (nSPS) is 26.7. The zero-order chi connectivity index (χ0) is 41.2. The van der Waals surface area contributed by atoms with Crippen molar-refractivity contribution in [3.63, 3.8) is 0 Å². The van der Waals surface area contributed by atoms with E-state index in [0.717, 1.165) is 23.2 Å². The van der Waals surface area contributed by atoms with Crippen LogP contribution in [0.4, 0.5) is 11.6 Å². The van der Waals surface area contributed by atoms with Crippen LogP contribution in [0.5, 0.6) is 0 Å². The number of alkyl halides is 2. The minimum absolute atomic E-state index is 0.133. The summed E-state index contributed by atoms with van der Waals surface area (Å²) in [5, 5.41) is 38.5. The van der Waals surface area contributed by atoms with Gasteiger partial charge in [-0.05, 0) is 36.2 Å². The second kappa shape index (κ2) is 20.9. The van der Waals surface area contributed by atoms with Crippen molar-refractivity contribution in [2.75, 3.05) is 23.4 Å². The molecule has 302 valence electrons. The van der Waals surface area contributed by atoms with Gasteiger partial charge in [-0.25, -0.2) is 19.0 Å². The van der Waals surface area contributed by atoms with E-state index in [0.29, 0.717) is 29.5 Å². The van der Waals surface area contributed by atoms with E-state index in [9.17, 15) is 15.3 Å². The summed E-state index contributed by atoms with van der Waals surface area (Å²) >= 11 is 18.8. The van der Waals surface area contributed by atoms with Crippen LogP contribution < -0.4 is 11.5 Å². The first-order valence-electron chi connectivity index (χ1n) is 17.2. The molecule has 4 aromatic heterocycles. The highest BCUT2D eigenvalue weighted by Gasteiger charge is 2.54. The molecule has 56 heavy (non-hydrogen) atoms. The number of aromatic nitrogens is 6. The number of aliphatic hydroxyl groups excluding tert-OH is 3. The minimum atomic E-state index is -1.41. The lowest BCUT2D eigenvalue weighted by Gasteiger charge is -2.28. The van der Waals surface area contributed by atoms with E-state index < -0.39 is 36.1 Å². The molecule has 2 aliphatic rings. The summed E-state index contributed by atoms with van der Waals surface area (Å²) in [6.07, 6.45) is 2.94. The lowest BCUT2D eigenvalue weighted by Crippen LogP contribution is -2.44. The van der Waals surface area contributed by atoms with Crippen molar-refractivity contribution in [3.05, 3.63) is 110 Å². The van der Waals surface area contributed by atoms with E-state index in [1.165, 1.54) is 23.2 Å². The fourth-order valence-electron chi connectivity index (χ4n) is 6.77. The van der Waals surface area contributed by atoms with Crippen molar-refractivity contribution in [1.82, 2.24) is 29.2 Å². The molecule has 14 nitrogen and oxygen atoms in total. The van der Waals surface area contributed by atoms with Crippen molar-refractivity contribution >= 4 is 96.3 Å². The minimum Gasteiger partial charge on any atom is -0.393 e. The van der Waals surface area contributed by atoms with E-state index in [4.69, 9.17) is 48.9 Å². The van der Waals surface area contributed by atoms with Gasteiger partial charge in [-0.15, -0.1) is 83.6 Å². The molecular formula is C36H44BBr3Cl2N8O6. The van der Waals surface area contributed by atoms with Gasteiger partial charge in [0.15, 0.2) is 11.6 Å². The number of benzene rings is 1. The third-order valence-electron chi connectivity index (χ3n) is 9.77. The third kappa shape index (κ3) is 9.97. The maximum absolute atomic E-state index is 10.2. The molecule has 2 aliphatic heterocycles. The second-order valence-electron chi connectivity index (χ2n) is 12.6. The van der Waals surface area contributed by atoms with E-state index in [1.807, 2.05) is 36.4 Å². The number of nitrogens with zero attached hydrogens (tertiary/aromatic N) is 6. The Kier molecular flexibility index (Phi) is 17.2. The maximum Gasteiger partial charge on any atom is 0.369 e. The number of hydrogen-bond acceptors (Lipinski definition) is 12. The Morgan fingerprint density at radius 3 is 1.80 bits per heavy atom. The SMILES string of the molecule is BrB(Br)Br.C=C[C@]1(CC)O[C@@H](c2ccc3c(N)ncnn23)C(OCc2ccccc2)[C@@H]1C.C=C[C@]1(CO)O[C@@H](c2ccc3c(N)ncnn23)[C@H](O)[C@@H]1O.ClCCl. The molecule has 7 rings (SSSR count). The number of halogens is 5. The van der Waals surface area contributed by atoms with Crippen LogP contribution in [0.15, 0.2) is 92.6 Å². The molecule has 0 bridgehead atoms. The quantitative estimate of drug-likeness (QED) is 0.0608. The molecule has 2 saturated heterocycles. The summed E-state index contributed by atoms with van der Waals surface area (Å²) in [5.41, 5.74) is 13.8. The first-order chi connectivity index (χ1) is 26.8. The van der Waals surface area contributed by atoms with Gasteiger partial charge in [-0.2, -0.15) is 10.2 Å². The average Bonchev–Trinajstić information content (AvgIpc) is 3.95. The van der Waals surface area contributed by atoms with Crippen LogP contribution in [0.3, 0.4) is 0 Å².